The molecule has 0 aliphatic heterocycles. The van der Waals surface area contributed by atoms with E-state index in [0.717, 1.165) is 58.0 Å². The smallest absolute Gasteiger partial charge is 0.223 e. The van der Waals surface area contributed by atoms with Crippen LogP contribution >= 0.6 is 0 Å². The van der Waals surface area contributed by atoms with E-state index < -0.39 is 0 Å². The van der Waals surface area contributed by atoms with Crippen molar-refractivity contribution in [2.75, 3.05) is 39.8 Å². The summed E-state index contributed by atoms with van der Waals surface area (Å²) in [6.07, 6.45) is 6.95. The molecule has 1 saturated carbocycles. The van der Waals surface area contributed by atoms with Gasteiger partial charge in [-0.05, 0) is 65.2 Å². The molecule has 0 spiro atoms. The average Bonchev–Trinajstić information content (AvgIpc) is 2.81. The second-order valence-electron chi connectivity index (χ2n) is 7.16. The molecule has 1 fully saturated rings. The first-order valence-corrected chi connectivity index (χ1v) is 9.71. The molecule has 0 aromatic heterocycles. The Balaban J connectivity index is 2.05. The van der Waals surface area contributed by atoms with Crippen molar-refractivity contribution in [2.45, 2.75) is 57.4 Å². The van der Waals surface area contributed by atoms with Crippen molar-refractivity contribution in [1.82, 2.24) is 15.5 Å². The Morgan fingerprint density at radius 1 is 1.04 bits per heavy atom. The zero-order chi connectivity index (χ0) is 18.5. The summed E-state index contributed by atoms with van der Waals surface area (Å²) < 4.78 is 0. The van der Waals surface area contributed by atoms with Gasteiger partial charge in [0.1, 0.15) is 0 Å². The van der Waals surface area contributed by atoms with Crippen molar-refractivity contribution in [1.29, 1.82) is 0 Å². The van der Waals surface area contributed by atoms with Gasteiger partial charge in [0.2, 0.25) is 11.8 Å². The van der Waals surface area contributed by atoms with Gasteiger partial charge in [0.15, 0.2) is 0 Å². The van der Waals surface area contributed by atoms with E-state index in [0.29, 0.717) is 26.1 Å². The molecule has 2 amide bonds. The third-order valence-corrected chi connectivity index (χ3v) is 4.82. The predicted molar refractivity (Wildman–Crippen MR) is 101 cm³/mol. The summed E-state index contributed by atoms with van der Waals surface area (Å²) in [6, 6.07) is 0.234. The zero-order valence-electron chi connectivity index (χ0n) is 15.8. The zero-order valence-corrected chi connectivity index (χ0v) is 15.8. The first kappa shape index (κ1) is 21.9. The van der Waals surface area contributed by atoms with Gasteiger partial charge in [-0.2, -0.15) is 0 Å². The molecule has 0 bridgehead atoms. The fourth-order valence-electron chi connectivity index (χ4n) is 3.17. The Hall–Kier alpha value is -1.18. The molecular weight excluding hydrogens is 318 g/mol. The summed E-state index contributed by atoms with van der Waals surface area (Å²) in [5.41, 5.74) is 11.4. The van der Waals surface area contributed by atoms with Crippen molar-refractivity contribution in [2.24, 2.45) is 17.4 Å². The van der Waals surface area contributed by atoms with Crippen molar-refractivity contribution in [3.8, 4) is 0 Å². The van der Waals surface area contributed by atoms with Gasteiger partial charge in [-0.3, -0.25) is 9.59 Å². The number of nitrogens with two attached hydrogens (primary N) is 2. The normalized spacial score (nSPS) is 21.0. The highest BCUT2D eigenvalue weighted by Crippen LogP contribution is 2.22. The number of carbonyl (C=O) groups excluding carboxylic acids is 2. The molecule has 25 heavy (non-hydrogen) atoms. The van der Waals surface area contributed by atoms with Crippen LogP contribution in [-0.2, 0) is 9.59 Å². The van der Waals surface area contributed by atoms with Gasteiger partial charge in [0.05, 0.1) is 0 Å². The largest absolute Gasteiger partial charge is 0.356 e. The Morgan fingerprint density at radius 3 is 2.56 bits per heavy atom. The van der Waals surface area contributed by atoms with Crippen LogP contribution in [0.4, 0.5) is 0 Å². The van der Waals surface area contributed by atoms with E-state index in [1.54, 1.807) is 0 Å². The molecular formula is C18H37N5O2. The van der Waals surface area contributed by atoms with E-state index in [4.69, 9.17) is 11.5 Å². The fraction of sp³-hybridized carbons (Fsp3) is 0.889. The van der Waals surface area contributed by atoms with Crippen LogP contribution in [0.5, 0.6) is 0 Å². The molecule has 2 atom stereocenters. The van der Waals surface area contributed by atoms with Crippen LogP contribution in [0.3, 0.4) is 0 Å². The molecule has 2 unspecified atom stereocenters. The van der Waals surface area contributed by atoms with E-state index in [9.17, 15) is 9.59 Å². The lowest BCUT2D eigenvalue weighted by atomic mass is 9.99. The summed E-state index contributed by atoms with van der Waals surface area (Å²) in [5, 5.41) is 5.80. The van der Waals surface area contributed by atoms with Crippen LogP contribution in [-0.4, -0.2) is 62.5 Å². The molecule has 7 heteroatoms. The third-order valence-electron chi connectivity index (χ3n) is 4.82. The van der Waals surface area contributed by atoms with Crippen molar-refractivity contribution < 1.29 is 9.59 Å². The predicted octanol–water partition coefficient (Wildman–Crippen LogP) is 0.187. The Bertz CT molecular complexity index is 392. The molecule has 1 aliphatic carbocycles. The van der Waals surface area contributed by atoms with E-state index >= 15 is 0 Å². The Kier molecular flexibility index (Phi) is 11.4. The van der Waals surface area contributed by atoms with Crippen LogP contribution in [0.1, 0.15) is 51.4 Å². The summed E-state index contributed by atoms with van der Waals surface area (Å²) in [5.74, 6) is 0.122. The van der Waals surface area contributed by atoms with Gasteiger partial charge >= 0.3 is 0 Å². The number of hydrogen-bond acceptors (Lipinski definition) is 5. The average molecular weight is 356 g/mol. The molecule has 146 valence electrons. The minimum atomic E-state index is -0.00667. The van der Waals surface area contributed by atoms with Crippen LogP contribution in [0.25, 0.3) is 0 Å². The van der Waals surface area contributed by atoms with Gasteiger partial charge in [0, 0.05) is 31.5 Å². The summed E-state index contributed by atoms with van der Waals surface area (Å²) in [7, 11) is 2.06. The van der Waals surface area contributed by atoms with Crippen LogP contribution < -0.4 is 22.1 Å². The number of hydrogen-bond donors (Lipinski definition) is 4. The van der Waals surface area contributed by atoms with Crippen molar-refractivity contribution in [3.05, 3.63) is 0 Å². The van der Waals surface area contributed by atoms with Gasteiger partial charge in [0.25, 0.3) is 0 Å². The second kappa shape index (κ2) is 13.1. The van der Waals surface area contributed by atoms with Gasteiger partial charge in [-0.15, -0.1) is 0 Å². The van der Waals surface area contributed by atoms with Crippen LogP contribution in [0.15, 0.2) is 0 Å². The maximum absolute atomic E-state index is 12.2. The van der Waals surface area contributed by atoms with Gasteiger partial charge in [-0.1, -0.05) is 6.42 Å². The number of nitrogens with zero attached hydrogens (tertiary/aromatic N) is 1. The summed E-state index contributed by atoms with van der Waals surface area (Å²) >= 11 is 0. The maximum atomic E-state index is 12.2. The molecule has 1 aliphatic rings. The van der Waals surface area contributed by atoms with Crippen molar-refractivity contribution in [3.63, 3.8) is 0 Å². The number of nitrogens with one attached hydrogen (secondary N) is 2. The molecule has 0 saturated heterocycles. The first-order chi connectivity index (χ1) is 12.0. The second-order valence-corrected chi connectivity index (χ2v) is 7.16. The van der Waals surface area contributed by atoms with Crippen LogP contribution in [0, 0.1) is 5.92 Å². The molecule has 6 N–H and O–H groups in total. The number of rotatable bonds is 11. The first-order valence-electron chi connectivity index (χ1n) is 9.71. The molecule has 0 radical (unpaired) electrons. The van der Waals surface area contributed by atoms with E-state index in [1.807, 2.05) is 0 Å². The lowest BCUT2D eigenvalue weighted by molar-refractivity contribution is -0.125. The molecule has 1 rings (SSSR count). The Labute approximate surface area is 152 Å². The van der Waals surface area contributed by atoms with E-state index in [2.05, 4.69) is 22.6 Å². The minimum absolute atomic E-state index is 0.00667. The number of carbonyl (C=O) groups is 2. The van der Waals surface area contributed by atoms with Crippen molar-refractivity contribution >= 4 is 11.8 Å². The SMILES string of the molecule is CN(CCCN)CCCNC(=O)CCNC(=O)C1CCCC(N)CC1. The van der Waals surface area contributed by atoms with Crippen LogP contribution in [0.2, 0.25) is 0 Å². The monoisotopic (exact) mass is 355 g/mol. The molecule has 7 nitrogen and oxygen atoms in total. The molecule has 0 aromatic carbocycles. The van der Waals surface area contributed by atoms with E-state index in [1.165, 1.54) is 0 Å². The Morgan fingerprint density at radius 2 is 1.80 bits per heavy atom. The fourth-order valence-corrected chi connectivity index (χ4v) is 3.17. The highest BCUT2D eigenvalue weighted by molar-refractivity contribution is 5.80. The minimum Gasteiger partial charge on any atom is -0.356 e. The number of amides is 2. The highest BCUT2D eigenvalue weighted by Gasteiger charge is 2.22. The quantitative estimate of drug-likeness (QED) is 0.312. The highest BCUT2D eigenvalue weighted by atomic mass is 16.2. The van der Waals surface area contributed by atoms with Gasteiger partial charge < -0.3 is 27.0 Å². The molecule has 0 heterocycles. The lowest BCUT2D eigenvalue weighted by Gasteiger charge is -2.16. The third kappa shape index (κ3) is 10.4. The summed E-state index contributed by atoms with van der Waals surface area (Å²) in [6.45, 7) is 3.72. The standard InChI is InChI=1S/C18H37N5O2/c1-23(13-3-10-19)14-4-11-21-17(24)9-12-22-18(25)15-5-2-6-16(20)8-7-15/h15-16H,2-14,19-20H2,1H3,(H,21,24)(H,22,25). The lowest BCUT2D eigenvalue weighted by Crippen LogP contribution is -2.35. The summed E-state index contributed by atoms with van der Waals surface area (Å²) in [4.78, 5) is 26.2. The maximum Gasteiger partial charge on any atom is 0.223 e. The molecule has 0 aromatic rings. The van der Waals surface area contributed by atoms with Gasteiger partial charge in [-0.25, -0.2) is 0 Å². The topological polar surface area (TPSA) is 113 Å². The van der Waals surface area contributed by atoms with E-state index in [-0.39, 0.29) is 23.8 Å².